The highest BCUT2D eigenvalue weighted by Gasteiger charge is 2.10. The highest BCUT2D eigenvalue weighted by atomic mass is 35.5. The van der Waals surface area contributed by atoms with Crippen LogP contribution in [0.4, 0.5) is 5.69 Å². The van der Waals surface area contributed by atoms with E-state index in [-0.39, 0.29) is 12.5 Å². The van der Waals surface area contributed by atoms with Gasteiger partial charge < -0.3 is 5.32 Å². The lowest BCUT2D eigenvalue weighted by atomic mass is 10.2. The van der Waals surface area contributed by atoms with Crippen molar-refractivity contribution in [2.75, 3.05) is 5.32 Å². The maximum absolute atomic E-state index is 11.9. The average Bonchev–Trinajstić information content (AvgIpc) is 2.36. The van der Waals surface area contributed by atoms with Crippen LogP contribution < -0.4 is 9.88 Å². The first kappa shape index (κ1) is 13.6. The predicted molar refractivity (Wildman–Crippen MR) is 76.2 cm³/mol. The van der Waals surface area contributed by atoms with Crippen LogP contribution in [0.5, 0.6) is 0 Å². The molecule has 0 saturated carbocycles. The minimum Gasteiger partial charge on any atom is -0.319 e. The Balaban J connectivity index is 2.03. The molecule has 0 bridgehead atoms. The Morgan fingerprint density at radius 2 is 1.84 bits per heavy atom. The number of hydrogen-bond donors (Lipinski definition) is 1. The molecule has 0 atom stereocenters. The maximum atomic E-state index is 11.9. The van der Waals surface area contributed by atoms with E-state index < -0.39 is 0 Å². The molecule has 1 aromatic heterocycles. The second-order valence-corrected chi connectivity index (χ2v) is 4.99. The molecule has 3 nitrogen and oxygen atoms in total. The van der Waals surface area contributed by atoms with Crippen LogP contribution >= 0.6 is 11.6 Å². The summed E-state index contributed by atoms with van der Waals surface area (Å²) >= 11 is 6.08. The van der Waals surface area contributed by atoms with Gasteiger partial charge in [-0.3, -0.25) is 4.79 Å². The maximum Gasteiger partial charge on any atom is 0.290 e. The van der Waals surface area contributed by atoms with Crippen LogP contribution in [0.3, 0.4) is 0 Å². The number of carbonyl (C=O) groups excluding carboxylic acids is 1. The van der Waals surface area contributed by atoms with E-state index in [0.717, 1.165) is 5.56 Å². The molecular formula is C15H16ClN2O+. The van der Waals surface area contributed by atoms with Gasteiger partial charge in [-0.05, 0) is 37.1 Å². The summed E-state index contributed by atoms with van der Waals surface area (Å²) in [5.74, 6) is -0.0976. The van der Waals surface area contributed by atoms with E-state index in [0.29, 0.717) is 10.7 Å². The van der Waals surface area contributed by atoms with E-state index in [4.69, 9.17) is 11.6 Å². The zero-order valence-electron chi connectivity index (χ0n) is 11.0. The minimum atomic E-state index is -0.0976. The van der Waals surface area contributed by atoms with Crippen LogP contribution in [-0.4, -0.2) is 5.91 Å². The number of halogens is 1. The van der Waals surface area contributed by atoms with Crippen LogP contribution in [0.25, 0.3) is 0 Å². The van der Waals surface area contributed by atoms with Crippen molar-refractivity contribution in [3.8, 4) is 0 Å². The fourth-order valence-electron chi connectivity index (χ4n) is 1.71. The summed E-state index contributed by atoms with van der Waals surface area (Å²) < 4.78 is 1.82. The lowest BCUT2D eigenvalue weighted by Crippen LogP contribution is -2.39. The molecule has 2 aromatic rings. The lowest BCUT2D eigenvalue weighted by molar-refractivity contribution is -0.684. The third-order valence-electron chi connectivity index (χ3n) is 2.78. The van der Waals surface area contributed by atoms with Crippen molar-refractivity contribution < 1.29 is 9.36 Å². The normalized spacial score (nSPS) is 10.3. The number of rotatable bonds is 3. The third kappa shape index (κ3) is 3.80. The monoisotopic (exact) mass is 275 g/mol. The Morgan fingerprint density at radius 1 is 1.16 bits per heavy atom. The zero-order valence-corrected chi connectivity index (χ0v) is 11.7. The fraction of sp³-hybridized carbons (Fsp3) is 0.200. The molecule has 0 radical (unpaired) electrons. The number of benzene rings is 1. The molecule has 0 fully saturated rings. The summed E-state index contributed by atoms with van der Waals surface area (Å²) in [6.45, 7) is 4.24. The standard InChI is InChI=1S/C15H15ClN2O/c1-11-5-7-18(8-6-11)10-15(19)17-14-4-3-12(2)9-13(14)16/h3-9H,10H2,1-2H3/p+1. The van der Waals surface area contributed by atoms with Gasteiger partial charge in [-0.25, -0.2) is 0 Å². The van der Waals surface area contributed by atoms with Crippen LogP contribution in [0, 0.1) is 13.8 Å². The topological polar surface area (TPSA) is 33.0 Å². The van der Waals surface area contributed by atoms with Gasteiger partial charge in [0.25, 0.3) is 5.91 Å². The quantitative estimate of drug-likeness (QED) is 0.859. The molecule has 0 aliphatic heterocycles. The van der Waals surface area contributed by atoms with Gasteiger partial charge >= 0.3 is 0 Å². The number of nitrogens with one attached hydrogen (secondary N) is 1. The molecule has 19 heavy (non-hydrogen) atoms. The summed E-state index contributed by atoms with van der Waals surface area (Å²) in [5, 5.41) is 3.37. The number of carbonyl (C=O) groups is 1. The molecule has 2 rings (SSSR count). The number of nitrogens with zero attached hydrogens (tertiary/aromatic N) is 1. The molecule has 1 amide bonds. The van der Waals surface area contributed by atoms with Crippen molar-refractivity contribution in [2.24, 2.45) is 0 Å². The summed E-state index contributed by atoms with van der Waals surface area (Å²) in [5.41, 5.74) is 2.87. The molecule has 98 valence electrons. The Hall–Kier alpha value is -1.87. The van der Waals surface area contributed by atoms with E-state index in [2.05, 4.69) is 5.32 Å². The predicted octanol–water partition coefficient (Wildman–Crippen LogP) is 2.88. The summed E-state index contributed by atoms with van der Waals surface area (Å²) in [7, 11) is 0. The van der Waals surface area contributed by atoms with Gasteiger partial charge in [-0.1, -0.05) is 17.7 Å². The van der Waals surface area contributed by atoms with Crippen molar-refractivity contribution >= 4 is 23.2 Å². The molecule has 0 aliphatic carbocycles. The van der Waals surface area contributed by atoms with E-state index in [1.807, 2.05) is 61.1 Å². The molecule has 1 heterocycles. The van der Waals surface area contributed by atoms with Gasteiger partial charge in [-0.2, -0.15) is 4.57 Å². The van der Waals surface area contributed by atoms with Crippen molar-refractivity contribution in [1.29, 1.82) is 0 Å². The lowest BCUT2D eigenvalue weighted by Gasteiger charge is -2.06. The van der Waals surface area contributed by atoms with Crippen LogP contribution in [0.15, 0.2) is 42.7 Å². The molecule has 1 aromatic carbocycles. The zero-order chi connectivity index (χ0) is 13.8. The van der Waals surface area contributed by atoms with Crippen molar-refractivity contribution in [1.82, 2.24) is 0 Å². The Bertz CT molecular complexity index is 594. The third-order valence-corrected chi connectivity index (χ3v) is 3.10. The highest BCUT2D eigenvalue weighted by Crippen LogP contribution is 2.22. The first-order valence-electron chi connectivity index (χ1n) is 6.06. The Kier molecular flexibility index (Phi) is 4.17. The molecule has 0 aliphatic rings. The first-order chi connectivity index (χ1) is 9.04. The number of aromatic nitrogens is 1. The number of hydrogen-bond acceptors (Lipinski definition) is 1. The Labute approximate surface area is 117 Å². The highest BCUT2D eigenvalue weighted by molar-refractivity contribution is 6.33. The van der Waals surface area contributed by atoms with Gasteiger partial charge in [-0.15, -0.1) is 0 Å². The summed E-state index contributed by atoms with van der Waals surface area (Å²) in [6, 6.07) is 9.49. The van der Waals surface area contributed by atoms with E-state index in [9.17, 15) is 4.79 Å². The average molecular weight is 276 g/mol. The van der Waals surface area contributed by atoms with Gasteiger partial charge in [0.15, 0.2) is 12.4 Å². The van der Waals surface area contributed by atoms with Gasteiger partial charge in [0, 0.05) is 12.1 Å². The van der Waals surface area contributed by atoms with Crippen LogP contribution in [0.2, 0.25) is 5.02 Å². The summed E-state index contributed by atoms with van der Waals surface area (Å²) in [4.78, 5) is 11.9. The van der Waals surface area contributed by atoms with Gasteiger partial charge in [0.05, 0.1) is 10.7 Å². The molecular weight excluding hydrogens is 260 g/mol. The van der Waals surface area contributed by atoms with Crippen molar-refractivity contribution in [3.05, 3.63) is 58.9 Å². The largest absolute Gasteiger partial charge is 0.319 e. The number of amides is 1. The number of aryl methyl sites for hydroxylation is 2. The van der Waals surface area contributed by atoms with Crippen molar-refractivity contribution in [2.45, 2.75) is 20.4 Å². The smallest absolute Gasteiger partial charge is 0.290 e. The number of anilines is 1. The second-order valence-electron chi connectivity index (χ2n) is 4.58. The van der Waals surface area contributed by atoms with Crippen molar-refractivity contribution in [3.63, 3.8) is 0 Å². The summed E-state index contributed by atoms with van der Waals surface area (Å²) in [6.07, 6.45) is 3.76. The first-order valence-corrected chi connectivity index (χ1v) is 6.44. The Morgan fingerprint density at radius 3 is 2.47 bits per heavy atom. The van der Waals surface area contributed by atoms with Crippen LogP contribution in [0.1, 0.15) is 11.1 Å². The molecule has 0 spiro atoms. The molecule has 0 unspecified atom stereocenters. The van der Waals surface area contributed by atoms with E-state index >= 15 is 0 Å². The second kappa shape index (κ2) is 5.85. The van der Waals surface area contributed by atoms with E-state index in [1.54, 1.807) is 0 Å². The SMILES string of the molecule is Cc1cc[n+](CC(=O)Nc2ccc(C)cc2Cl)cc1. The van der Waals surface area contributed by atoms with Gasteiger partial charge in [0.2, 0.25) is 6.54 Å². The number of pyridine rings is 1. The van der Waals surface area contributed by atoms with Crippen LogP contribution in [-0.2, 0) is 11.3 Å². The molecule has 4 heteroatoms. The van der Waals surface area contributed by atoms with E-state index in [1.165, 1.54) is 5.56 Å². The van der Waals surface area contributed by atoms with Gasteiger partial charge in [0.1, 0.15) is 0 Å². The molecule has 0 saturated heterocycles. The minimum absolute atomic E-state index is 0.0976. The molecule has 1 N–H and O–H groups in total. The fourth-order valence-corrected chi connectivity index (χ4v) is 2.00.